The predicted molar refractivity (Wildman–Crippen MR) is 120 cm³/mol. The zero-order chi connectivity index (χ0) is 24.3. The minimum absolute atomic E-state index is 0.128. The normalized spacial score (nSPS) is 24.1. The van der Waals surface area contributed by atoms with Gasteiger partial charge in [-0.3, -0.25) is 19.3 Å². The standard InChI is InChI=1S/C23H22F5N3O2S/c24-22(25)6-4-15(5-7-22)34-12-13(17-3-1-2-8-29-17)11-31-19-16(20(32)30-21(31)33)9-14(10-18(19)34)23(26,27)28/h1-3,8-10,13,15,34H,4-7,11-12H2,(H,30,32,33). The Morgan fingerprint density at radius 1 is 1.12 bits per heavy atom. The van der Waals surface area contributed by atoms with Gasteiger partial charge >= 0.3 is 11.9 Å². The van der Waals surface area contributed by atoms with Crippen molar-refractivity contribution >= 4 is 21.8 Å². The molecule has 1 aliphatic carbocycles. The quantitative estimate of drug-likeness (QED) is 0.392. The molecule has 11 heteroatoms. The molecule has 5 nitrogen and oxygen atoms in total. The number of nitrogens with zero attached hydrogens (tertiary/aromatic N) is 2. The Bertz CT molecular complexity index is 1340. The number of benzene rings is 1. The van der Waals surface area contributed by atoms with Crippen molar-refractivity contribution in [2.75, 3.05) is 5.75 Å². The third-order valence-corrected chi connectivity index (χ3v) is 9.95. The van der Waals surface area contributed by atoms with Crippen LogP contribution in [0.2, 0.25) is 0 Å². The Labute approximate surface area is 193 Å². The van der Waals surface area contributed by atoms with E-state index in [2.05, 4.69) is 9.97 Å². The molecule has 0 spiro atoms. The highest BCUT2D eigenvalue weighted by atomic mass is 32.2. The SMILES string of the molecule is O=c1[nH]c(=O)n2c3c(cc(C(F)(F)F)cc13)[SH](C1CCC(F)(F)CC1)CC(c1ccccn1)C2. The number of aromatic amines is 1. The van der Waals surface area contributed by atoms with E-state index >= 15 is 0 Å². The molecule has 1 N–H and O–H groups in total. The number of hydrogen-bond acceptors (Lipinski definition) is 3. The summed E-state index contributed by atoms with van der Waals surface area (Å²) in [7, 11) is -1.40. The van der Waals surface area contributed by atoms with Crippen LogP contribution in [0.4, 0.5) is 22.0 Å². The molecule has 0 bridgehead atoms. The molecule has 1 fully saturated rings. The Kier molecular flexibility index (Phi) is 5.57. The first-order chi connectivity index (χ1) is 16.0. The summed E-state index contributed by atoms with van der Waals surface area (Å²) in [4.78, 5) is 32.3. The van der Waals surface area contributed by atoms with Crippen molar-refractivity contribution in [2.45, 2.75) is 60.4 Å². The van der Waals surface area contributed by atoms with Gasteiger partial charge in [-0.2, -0.15) is 13.2 Å². The van der Waals surface area contributed by atoms with Crippen molar-refractivity contribution in [3.05, 3.63) is 68.6 Å². The lowest BCUT2D eigenvalue weighted by Crippen LogP contribution is -2.32. The van der Waals surface area contributed by atoms with Gasteiger partial charge in [0, 0.05) is 42.1 Å². The molecular weight excluding hydrogens is 477 g/mol. The molecular formula is C23H22F5N3O2S. The highest BCUT2D eigenvalue weighted by molar-refractivity contribution is 8.17. The topological polar surface area (TPSA) is 67.8 Å². The highest BCUT2D eigenvalue weighted by Crippen LogP contribution is 2.55. The minimum atomic E-state index is -4.70. The first kappa shape index (κ1) is 23.1. The fourth-order valence-corrected chi connectivity index (χ4v) is 8.43. The second kappa shape index (κ2) is 8.21. The van der Waals surface area contributed by atoms with Gasteiger partial charge in [-0.05, 0) is 48.1 Å². The number of thiol groups is 1. The summed E-state index contributed by atoms with van der Waals surface area (Å²) in [5.74, 6) is -2.70. The van der Waals surface area contributed by atoms with E-state index in [1.54, 1.807) is 24.4 Å². The first-order valence-electron chi connectivity index (χ1n) is 11.0. The number of rotatable bonds is 2. The Hall–Kier alpha value is -2.69. The average molecular weight is 500 g/mol. The summed E-state index contributed by atoms with van der Waals surface area (Å²) >= 11 is 0. The molecule has 0 saturated heterocycles. The van der Waals surface area contributed by atoms with Crippen molar-refractivity contribution in [1.82, 2.24) is 14.5 Å². The van der Waals surface area contributed by atoms with E-state index in [9.17, 15) is 31.5 Å². The van der Waals surface area contributed by atoms with Crippen molar-refractivity contribution in [3.8, 4) is 0 Å². The lowest BCUT2D eigenvalue weighted by atomic mass is 9.96. The van der Waals surface area contributed by atoms with Crippen molar-refractivity contribution in [2.24, 2.45) is 0 Å². The molecule has 182 valence electrons. The molecule has 1 aromatic carbocycles. The second-order valence-electron chi connectivity index (χ2n) is 8.95. The van der Waals surface area contributed by atoms with Crippen LogP contribution in [-0.2, 0) is 12.7 Å². The summed E-state index contributed by atoms with van der Waals surface area (Å²) in [5.41, 5.74) is -1.71. The van der Waals surface area contributed by atoms with Crippen molar-refractivity contribution in [3.63, 3.8) is 0 Å². The predicted octanol–water partition coefficient (Wildman–Crippen LogP) is 4.84. The molecule has 0 radical (unpaired) electrons. The highest BCUT2D eigenvalue weighted by Gasteiger charge is 2.40. The van der Waals surface area contributed by atoms with Crippen LogP contribution < -0.4 is 11.2 Å². The van der Waals surface area contributed by atoms with Gasteiger partial charge in [-0.15, -0.1) is 0 Å². The van der Waals surface area contributed by atoms with Gasteiger partial charge in [-0.1, -0.05) is 6.07 Å². The molecule has 2 unspecified atom stereocenters. The van der Waals surface area contributed by atoms with Gasteiger partial charge in [-0.25, -0.2) is 24.5 Å². The molecule has 2 atom stereocenters. The molecule has 0 amide bonds. The van der Waals surface area contributed by atoms with Crippen LogP contribution in [0, 0.1) is 0 Å². The van der Waals surface area contributed by atoms with Gasteiger partial charge in [0.2, 0.25) is 5.92 Å². The van der Waals surface area contributed by atoms with Crippen LogP contribution in [0.25, 0.3) is 10.9 Å². The van der Waals surface area contributed by atoms with Crippen LogP contribution in [-0.4, -0.2) is 31.5 Å². The molecule has 5 rings (SSSR count). The van der Waals surface area contributed by atoms with Gasteiger partial charge < -0.3 is 0 Å². The smallest absolute Gasteiger partial charge is 0.292 e. The van der Waals surface area contributed by atoms with Crippen LogP contribution in [0.1, 0.15) is 42.9 Å². The molecule has 2 aliphatic rings. The zero-order valence-electron chi connectivity index (χ0n) is 17.9. The van der Waals surface area contributed by atoms with Gasteiger partial charge in [0.25, 0.3) is 5.56 Å². The fourth-order valence-electron chi connectivity index (χ4n) is 5.07. The Balaban J connectivity index is 1.76. The van der Waals surface area contributed by atoms with E-state index in [4.69, 9.17) is 0 Å². The monoisotopic (exact) mass is 499 g/mol. The number of aromatic nitrogens is 3. The van der Waals surface area contributed by atoms with Crippen LogP contribution in [0.15, 0.2) is 51.0 Å². The van der Waals surface area contributed by atoms with Gasteiger partial charge in [0.05, 0.1) is 16.5 Å². The summed E-state index contributed by atoms with van der Waals surface area (Å²) in [6.45, 7) is 0.128. The van der Waals surface area contributed by atoms with Gasteiger partial charge in [0.15, 0.2) is 0 Å². The lowest BCUT2D eigenvalue weighted by molar-refractivity contribution is -0.137. The van der Waals surface area contributed by atoms with E-state index in [1.807, 2.05) is 0 Å². The van der Waals surface area contributed by atoms with E-state index in [-0.39, 0.29) is 59.2 Å². The Morgan fingerprint density at radius 2 is 1.85 bits per heavy atom. The summed E-state index contributed by atoms with van der Waals surface area (Å²) in [6, 6.07) is 7.12. The van der Waals surface area contributed by atoms with E-state index in [0.717, 1.165) is 12.1 Å². The largest absolute Gasteiger partial charge is 0.416 e. The number of H-pyrrole nitrogens is 1. The average Bonchev–Trinajstić information content (AvgIpc) is 2.95. The number of nitrogens with one attached hydrogen (secondary N) is 1. The zero-order valence-corrected chi connectivity index (χ0v) is 18.8. The van der Waals surface area contributed by atoms with Crippen molar-refractivity contribution in [1.29, 1.82) is 0 Å². The fraction of sp³-hybridized carbons (Fsp3) is 0.435. The maximum atomic E-state index is 13.9. The molecule has 1 saturated carbocycles. The maximum absolute atomic E-state index is 13.9. The molecule has 3 heterocycles. The Morgan fingerprint density at radius 3 is 2.50 bits per heavy atom. The second-order valence-corrected chi connectivity index (χ2v) is 11.5. The number of halogens is 5. The third kappa shape index (κ3) is 4.14. The third-order valence-electron chi connectivity index (χ3n) is 6.76. The minimum Gasteiger partial charge on any atom is -0.292 e. The van der Waals surface area contributed by atoms with Crippen LogP contribution >= 0.6 is 10.9 Å². The molecule has 1 aliphatic heterocycles. The van der Waals surface area contributed by atoms with Crippen LogP contribution in [0.3, 0.4) is 0 Å². The maximum Gasteiger partial charge on any atom is 0.416 e. The number of alkyl halides is 5. The number of pyridine rings is 1. The summed E-state index contributed by atoms with van der Waals surface area (Å²) < 4.78 is 70.5. The van der Waals surface area contributed by atoms with E-state index < -0.39 is 39.8 Å². The molecule has 2 aromatic heterocycles. The summed E-state index contributed by atoms with van der Waals surface area (Å²) in [5, 5.41) is -0.451. The molecule has 3 aromatic rings. The van der Waals surface area contributed by atoms with Crippen LogP contribution in [0.5, 0.6) is 0 Å². The molecule has 34 heavy (non-hydrogen) atoms. The summed E-state index contributed by atoms with van der Waals surface area (Å²) in [6.07, 6.45) is -3.39. The first-order valence-corrected chi connectivity index (χ1v) is 12.6. The number of hydrogen-bond donors (Lipinski definition) is 2. The van der Waals surface area contributed by atoms with E-state index in [1.165, 1.54) is 4.57 Å². The van der Waals surface area contributed by atoms with E-state index in [0.29, 0.717) is 11.4 Å². The lowest BCUT2D eigenvalue weighted by Gasteiger charge is -2.37. The van der Waals surface area contributed by atoms with Gasteiger partial charge in [0.1, 0.15) is 0 Å². The van der Waals surface area contributed by atoms with Crippen molar-refractivity contribution < 1.29 is 22.0 Å².